The molecule has 0 aliphatic carbocycles. The van der Waals surface area contributed by atoms with Crippen LogP contribution >= 0.6 is 0 Å². The highest BCUT2D eigenvalue weighted by Gasteiger charge is 2.19. The lowest BCUT2D eigenvalue weighted by Gasteiger charge is -2.20. The van der Waals surface area contributed by atoms with Crippen LogP contribution in [0.25, 0.3) is 0 Å². The van der Waals surface area contributed by atoms with Crippen molar-refractivity contribution >= 4 is 23.2 Å². The summed E-state index contributed by atoms with van der Waals surface area (Å²) in [6.45, 7) is 8.01. The molecule has 4 N–H and O–H groups in total. The van der Waals surface area contributed by atoms with Crippen molar-refractivity contribution in [3.05, 3.63) is 24.3 Å². The highest BCUT2D eigenvalue weighted by atomic mass is 16.2. The molecule has 1 aliphatic heterocycles. The minimum Gasteiger partial charge on any atom is -0.371 e. The van der Waals surface area contributed by atoms with Crippen LogP contribution < -0.4 is 21.3 Å². The van der Waals surface area contributed by atoms with E-state index >= 15 is 0 Å². The van der Waals surface area contributed by atoms with Crippen LogP contribution in [0, 0.1) is 5.92 Å². The maximum absolute atomic E-state index is 12.3. The molecule has 1 unspecified atom stereocenters. The van der Waals surface area contributed by atoms with E-state index in [1.54, 1.807) is 0 Å². The minimum atomic E-state index is -0.530. The fourth-order valence-corrected chi connectivity index (χ4v) is 3.26. The zero-order valence-electron chi connectivity index (χ0n) is 16.1. The van der Waals surface area contributed by atoms with Gasteiger partial charge in [0.25, 0.3) is 0 Å². The standard InChI is InChI=1S/C20H32N4O2/c1-14(2)11-18(21)20(26)22-15(3)12-19(25)23-16-7-6-8-17(13-16)24-9-4-5-10-24/h6-8,13-15,18H,4-5,9-12,21H2,1-3H3,(H,22,26)(H,23,25)/t15?,18-/m0/s1. The van der Waals surface area contributed by atoms with Gasteiger partial charge in [0.1, 0.15) is 0 Å². The number of rotatable bonds is 8. The maximum atomic E-state index is 12.3. The van der Waals surface area contributed by atoms with E-state index in [-0.39, 0.29) is 24.3 Å². The summed E-state index contributed by atoms with van der Waals surface area (Å²) in [5, 5.41) is 5.75. The third-order valence-electron chi connectivity index (χ3n) is 4.54. The van der Waals surface area contributed by atoms with E-state index in [2.05, 4.69) is 21.6 Å². The van der Waals surface area contributed by atoms with Gasteiger partial charge in [-0.25, -0.2) is 0 Å². The zero-order valence-corrected chi connectivity index (χ0v) is 16.1. The summed E-state index contributed by atoms with van der Waals surface area (Å²) < 4.78 is 0. The number of carbonyl (C=O) groups is 2. The number of carbonyl (C=O) groups excluding carboxylic acids is 2. The molecule has 2 amide bonds. The van der Waals surface area contributed by atoms with Gasteiger partial charge in [0, 0.05) is 36.9 Å². The Morgan fingerprint density at radius 1 is 1.19 bits per heavy atom. The molecule has 1 fully saturated rings. The van der Waals surface area contributed by atoms with Crippen LogP contribution in [-0.2, 0) is 9.59 Å². The van der Waals surface area contributed by atoms with Crippen LogP contribution in [0.3, 0.4) is 0 Å². The van der Waals surface area contributed by atoms with Gasteiger partial charge in [-0.1, -0.05) is 19.9 Å². The Bertz CT molecular complexity index is 612. The van der Waals surface area contributed by atoms with Crippen LogP contribution in [0.1, 0.15) is 46.5 Å². The van der Waals surface area contributed by atoms with Crippen molar-refractivity contribution in [3.8, 4) is 0 Å². The lowest BCUT2D eigenvalue weighted by molar-refractivity contribution is -0.123. The summed E-state index contributed by atoms with van der Waals surface area (Å²) in [4.78, 5) is 26.7. The monoisotopic (exact) mass is 360 g/mol. The number of hydrogen-bond acceptors (Lipinski definition) is 4. The van der Waals surface area contributed by atoms with Crippen molar-refractivity contribution in [3.63, 3.8) is 0 Å². The summed E-state index contributed by atoms with van der Waals surface area (Å²) in [6, 6.07) is 7.13. The van der Waals surface area contributed by atoms with Crippen molar-refractivity contribution in [1.29, 1.82) is 0 Å². The Morgan fingerprint density at radius 3 is 2.54 bits per heavy atom. The molecule has 6 nitrogen and oxygen atoms in total. The number of nitrogens with one attached hydrogen (secondary N) is 2. The van der Waals surface area contributed by atoms with Gasteiger partial charge in [0.2, 0.25) is 11.8 Å². The van der Waals surface area contributed by atoms with Crippen molar-refractivity contribution < 1.29 is 9.59 Å². The molecule has 26 heavy (non-hydrogen) atoms. The second-order valence-electron chi connectivity index (χ2n) is 7.64. The fourth-order valence-electron chi connectivity index (χ4n) is 3.26. The van der Waals surface area contributed by atoms with Gasteiger partial charge in [-0.2, -0.15) is 0 Å². The highest BCUT2D eigenvalue weighted by Crippen LogP contribution is 2.23. The first-order chi connectivity index (χ1) is 12.3. The number of hydrogen-bond donors (Lipinski definition) is 3. The number of amides is 2. The second-order valence-corrected chi connectivity index (χ2v) is 7.64. The molecule has 2 rings (SSSR count). The second kappa shape index (κ2) is 9.57. The van der Waals surface area contributed by atoms with E-state index in [1.807, 2.05) is 39.0 Å². The molecule has 0 radical (unpaired) electrons. The Kier molecular flexibility index (Phi) is 7.45. The maximum Gasteiger partial charge on any atom is 0.237 e. The molecule has 6 heteroatoms. The quantitative estimate of drug-likeness (QED) is 0.665. The summed E-state index contributed by atoms with van der Waals surface area (Å²) in [7, 11) is 0. The van der Waals surface area contributed by atoms with Crippen molar-refractivity contribution in [2.45, 2.75) is 58.5 Å². The Hall–Kier alpha value is -2.08. The molecule has 2 atom stereocenters. The zero-order chi connectivity index (χ0) is 19.1. The first kappa shape index (κ1) is 20.2. The van der Waals surface area contributed by atoms with Crippen LogP contribution in [0.2, 0.25) is 0 Å². The fraction of sp³-hybridized carbons (Fsp3) is 0.600. The van der Waals surface area contributed by atoms with E-state index in [4.69, 9.17) is 5.73 Å². The van der Waals surface area contributed by atoms with Crippen LogP contribution in [0.5, 0.6) is 0 Å². The molecule has 0 aromatic heterocycles. The number of benzene rings is 1. The molecule has 0 saturated carbocycles. The van der Waals surface area contributed by atoms with E-state index < -0.39 is 6.04 Å². The van der Waals surface area contributed by atoms with Crippen molar-refractivity contribution in [2.24, 2.45) is 11.7 Å². The van der Waals surface area contributed by atoms with Crippen LogP contribution in [0.4, 0.5) is 11.4 Å². The summed E-state index contributed by atoms with van der Waals surface area (Å²) in [6.07, 6.45) is 3.28. The average Bonchev–Trinajstić information content (AvgIpc) is 3.08. The number of anilines is 2. The molecule has 1 aromatic carbocycles. The smallest absolute Gasteiger partial charge is 0.237 e. The number of nitrogens with two attached hydrogens (primary N) is 1. The first-order valence-electron chi connectivity index (χ1n) is 9.56. The van der Waals surface area contributed by atoms with Gasteiger partial charge in [-0.15, -0.1) is 0 Å². The van der Waals surface area contributed by atoms with E-state index in [9.17, 15) is 9.59 Å². The average molecular weight is 361 g/mol. The molecule has 1 aliphatic rings. The molecule has 1 heterocycles. The molecule has 144 valence electrons. The molecule has 0 spiro atoms. The van der Waals surface area contributed by atoms with E-state index in [0.717, 1.165) is 24.5 Å². The summed E-state index contributed by atoms with van der Waals surface area (Å²) in [5.41, 5.74) is 7.81. The first-order valence-corrected chi connectivity index (χ1v) is 9.56. The lowest BCUT2D eigenvalue weighted by Crippen LogP contribution is -2.45. The Labute approximate surface area is 156 Å². The number of nitrogens with zero attached hydrogens (tertiary/aromatic N) is 1. The largest absolute Gasteiger partial charge is 0.371 e. The normalized spacial score (nSPS) is 16.4. The molecule has 0 bridgehead atoms. The molecule has 1 aromatic rings. The lowest BCUT2D eigenvalue weighted by atomic mass is 10.0. The van der Waals surface area contributed by atoms with Gasteiger partial charge in [-0.05, 0) is 50.3 Å². The van der Waals surface area contributed by atoms with Crippen LogP contribution in [-0.4, -0.2) is 37.0 Å². The van der Waals surface area contributed by atoms with Gasteiger partial charge in [0.05, 0.1) is 6.04 Å². The van der Waals surface area contributed by atoms with Crippen molar-refractivity contribution in [2.75, 3.05) is 23.3 Å². The predicted octanol–water partition coefficient (Wildman–Crippen LogP) is 2.49. The highest BCUT2D eigenvalue weighted by molar-refractivity contribution is 5.92. The summed E-state index contributed by atoms with van der Waals surface area (Å²) in [5.74, 6) is 0.0427. The predicted molar refractivity (Wildman–Crippen MR) is 106 cm³/mol. The van der Waals surface area contributed by atoms with Crippen LogP contribution in [0.15, 0.2) is 24.3 Å². The molecular formula is C20H32N4O2. The summed E-state index contributed by atoms with van der Waals surface area (Å²) >= 11 is 0. The molecule has 1 saturated heterocycles. The van der Waals surface area contributed by atoms with Gasteiger partial charge in [-0.3, -0.25) is 9.59 Å². The third kappa shape index (κ3) is 6.33. The molecular weight excluding hydrogens is 328 g/mol. The topological polar surface area (TPSA) is 87.5 Å². The van der Waals surface area contributed by atoms with E-state index in [1.165, 1.54) is 12.8 Å². The van der Waals surface area contributed by atoms with Gasteiger partial charge < -0.3 is 21.3 Å². The SMILES string of the molecule is CC(C)C[C@H](N)C(=O)NC(C)CC(=O)Nc1cccc(N2CCCC2)c1. The third-order valence-corrected chi connectivity index (χ3v) is 4.54. The minimum absolute atomic E-state index is 0.117. The van der Waals surface area contributed by atoms with Gasteiger partial charge in [0.15, 0.2) is 0 Å². The Morgan fingerprint density at radius 2 is 1.88 bits per heavy atom. The van der Waals surface area contributed by atoms with Gasteiger partial charge >= 0.3 is 0 Å². The van der Waals surface area contributed by atoms with E-state index in [0.29, 0.717) is 12.3 Å². The Balaban J connectivity index is 1.82. The van der Waals surface area contributed by atoms with Crippen molar-refractivity contribution in [1.82, 2.24) is 5.32 Å².